The number of nitrogens with one attached hydrogen (secondary N) is 1. The third kappa shape index (κ3) is 3.04. The van der Waals surface area contributed by atoms with E-state index in [1.807, 2.05) is 55.5 Å². The second-order valence-corrected chi connectivity index (χ2v) is 8.54. The molecule has 0 amide bonds. The van der Waals surface area contributed by atoms with E-state index in [4.69, 9.17) is 8.70 Å². The van der Waals surface area contributed by atoms with Crippen molar-refractivity contribution in [1.82, 2.24) is 0 Å². The van der Waals surface area contributed by atoms with E-state index in [9.17, 15) is 8.42 Å². The molecule has 4 rings (SSSR count). The molecule has 0 aliphatic rings. The molecule has 0 aliphatic carbocycles. The van der Waals surface area contributed by atoms with Crippen molar-refractivity contribution < 1.29 is 17.1 Å². The summed E-state index contributed by atoms with van der Waals surface area (Å²) in [6.45, 7) is 7.24. The molecule has 1 N–H and O–H groups in total. The fourth-order valence-corrected chi connectivity index (χ4v) is 4.99. The fraction of sp³-hybridized carbons (Fsp3) is 0.182. The number of hydrogen-bond acceptors (Lipinski definition) is 5. The molecule has 0 saturated heterocycles. The molecule has 0 radical (unpaired) electrons. The molecule has 4 aromatic rings. The Hall–Kier alpha value is -2.83. The Morgan fingerprint density at radius 2 is 1.61 bits per heavy atom. The van der Waals surface area contributed by atoms with Gasteiger partial charge in [-0.2, -0.15) is 8.42 Å². The maximum atomic E-state index is 12.9. The standard InChI is InChI=1S/C22H21NO4S/c1-13-11-14(2)22(15(3)12-13)28(24,25)27-23-21-16(4)26-19-10-9-17-7-5-6-8-18(17)20(19)21/h5-12,23H,1-4H3. The lowest BCUT2D eigenvalue weighted by molar-refractivity contribution is 0.389. The summed E-state index contributed by atoms with van der Waals surface area (Å²) in [6.07, 6.45) is 0. The lowest BCUT2D eigenvalue weighted by Crippen LogP contribution is -2.14. The molecule has 144 valence electrons. The second kappa shape index (κ2) is 6.65. The monoisotopic (exact) mass is 395 g/mol. The van der Waals surface area contributed by atoms with Crippen LogP contribution in [0, 0.1) is 27.7 Å². The van der Waals surface area contributed by atoms with Gasteiger partial charge in [0, 0.05) is 0 Å². The van der Waals surface area contributed by atoms with Crippen LogP contribution < -0.4 is 5.48 Å². The molecule has 0 bridgehead atoms. The van der Waals surface area contributed by atoms with Gasteiger partial charge in [0.25, 0.3) is 0 Å². The summed E-state index contributed by atoms with van der Waals surface area (Å²) in [4.78, 5) is 0.181. The minimum atomic E-state index is -4.01. The van der Waals surface area contributed by atoms with Crippen LogP contribution in [-0.4, -0.2) is 8.42 Å². The van der Waals surface area contributed by atoms with E-state index >= 15 is 0 Å². The van der Waals surface area contributed by atoms with Gasteiger partial charge in [-0.25, -0.2) is 5.48 Å². The highest BCUT2D eigenvalue weighted by molar-refractivity contribution is 7.87. The zero-order valence-electron chi connectivity index (χ0n) is 16.2. The van der Waals surface area contributed by atoms with Gasteiger partial charge in [0.05, 0.1) is 5.39 Å². The first kappa shape index (κ1) is 18.5. The van der Waals surface area contributed by atoms with E-state index in [0.717, 1.165) is 21.7 Å². The van der Waals surface area contributed by atoms with Crippen molar-refractivity contribution in [2.45, 2.75) is 32.6 Å². The van der Waals surface area contributed by atoms with Crippen LogP contribution in [0.1, 0.15) is 22.5 Å². The lowest BCUT2D eigenvalue weighted by atomic mass is 10.1. The van der Waals surface area contributed by atoms with Gasteiger partial charge in [-0.3, -0.25) is 0 Å². The topological polar surface area (TPSA) is 68.5 Å². The van der Waals surface area contributed by atoms with Crippen LogP contribution in [0.5, 0.6) is 0 Å². The van der Waals surface area contributed by atoms with Crippen LogP contribution in [-0.2, 0) is 14.4 Å². The average Bonchev–Trinajstić information content (AvgIpc) is 2.94. The second-order valence-electron chi connectivity index (χ2n) is 7.06. The summed E-state index contributed by atoms with van der Waals surface area (Å²) in [5.74, 6) is 0.555. The molecular weight excluding hydrogens is 374 g/mol. The van der Waals surface area contributed by atoms with Gasteiger partial charge in [-0.1, -0.05) is 48.0 Å². The van der Waals surface area contributed by atoms with E-state index in [0.29, 0.717) is 28.2 Å². The van der Waals surface area contributed by atoms with Crippen LogP contribution in [0.4, 0.5) is 5.69 Å². The Morgan fingerprint density at radius 3 is 2.32 bits per heavy atom. The molecule has 6 heteroatoms. The molecule has 1 aromatic heterocycles. The third-order valence-electron chi connectivity index (χ3n) is 4.86. The number of fused-ring (bicyclic) bond motifs is 3. The van der Waals surface area contributed by atoms with Crippen molar-refractivity contribution in [3.8, 4) is 0 Å². The number of furan rings is 1. The normalized spacial score (nSPS) is 12.0. The van der Waals surface area contributed by atoms with Crippen molar-refractivity contribution in [3.63, 3.8) is 0 Å². The Morgan fingerprint density at radius 1 is 0.929 bits per heavy atom. The number of benzene rings is 3. The average molecular weight is 395 g/mol. The number of rotatable bonds is 4. The molecule has 28 heavy (non-hydrogen) atoms. The summed E-state index contributed by atoms with van der Waals surface area (Å²) in [5.41, 5.74) is 6.14. The van der Waals surface area contributed by atoms with Gasteiger partial charge >= 0.3 is 10.1 Å². The van der Waals surface area contributed by atoms with Gasteiger partial charge < -0.3 is 4.42 Å². The number of aryl methyl sites for hydroxylation is 4. The van der Waals surface area contributed by atoms with Crippen molar-refractivity contribution in [1.29, 1.82) is 0 Å². The van der Waals surface area contributed by atoms with Crippen LogP contribution in [0.15, 0.2) is 57.8 Å². The van der Waals surface area contributed by atoms with Crippen LogP contribution >= 0.6 is 0 Å². The highest BCUT2D eigenvalue weighted by atomic mass is 32.2. The molecule has 3 aromatic carbocycles. The fourth-order valence-electron chi connectivity index (χ4n) is 3.81. The van der Waals surface area contributed by atoms with Gasteiger partial charge in [0.1, 0.15) is 21.9 Å². The largest absolute Gasteiger partial charge is 0.459 e. The first-order valence-electron chi connectivity index (χ1n) is 8.96. The van der Waals surface area contributed by atoms with Gasteiger partial charge in [0.15, 0.2) is 0 Å². The lowest BCUT2D eigenvalue weighted by Gasteiger charge is -2.13. The van der Waals surface area contributed by atoms with Gasteiger partial charge in [0.2, 0.25) is 0 Å². The summed E-state index contributed by atoms with van der Waals surface area (Å²) in [5, 5.41) is 2.79. The van der Waals surface area contributed by atoms with E-state index in [-0.39, 0.29) is 4.90 Å². The smallest absolute Gasteiger partial charge is 0.318 e. The molecule has 0 atom stereocenters. The van der Waals surface area contributed by atoms with Crippen molar-refractivity contribution in [2.24, 2.45) is 0 Å². The van der Waals surface area contributed by atoms with E-state index < -0.39 is 10.1 Å². The van der Waals surface area contributed by atoms with Gasteiger partial charge in [-0.05, 0) is 55.7 Å². The Bertz CT molecular complexity index is 1300. The molecule has 0 aliphatic heterocycles. The summed E-state index contributed by atoms with van der Waals surface area (Å²) >= 11 is 0. The summed E-state index contributed by atoms with van der Waals surface area (Å²) in [7, 11) is -4.01. The molecule has 5 nitrogen and oxygen atoms in total. The van der Waals surface area contributed by atoms with Crippen molar-refractivity contribution >= 4 is 37.5 Å². The van der Waals surface area contributed by atoms with E-state index in [1.165, 1.54) is 0 Å². The van der Waals surface area contributed by atoms with Crippen molar-refractivity contribution in [2.75, 3.05) is 5.48 Å². The van der Waals surface area contributed by atoms with Crippen LogP contribution in [0.3, 0.4) is 0 Å². The number of anilines is 1. The first-order valence-corrected chi connectivity index (χ1v) is 10.4. The van der Waals surface area contributed by atoms with E-state index in [1.54, 1.807) is 20.8 Å². The Kier molecular flexibility index (Phi) is 4.40. The van der Waals surface area contributed by atoms with E-state index in [2.05, 4.69) is 5.48 Å². The van der Waals surface area contributed by atoms with Crippen molar-refractivity contribution in [3.05, 3.63) is 71.0 Å². The Labute approximate surface area is 164 Å². The third-order valence-corrected chi connectivity index (χ3v) is 6.31. The molecule has 0 unspecified atom stereocenters. The molecular formula is C22H21NO4S. The predicted molar refractivity (Wildman–Crippen MR) is 111 cm³/mol. The molecule has 1 heterocycles. The highest BCUT2D eigenvalue weighted by Gasteiger charge is 2.23. The quantitative estimate of drug-likeness (QED) is 0.459. The SMILES string of the molecule is Cc1cc(C)c(S(=O)(=O)ONc2c(C)oc3ccc4ccccc4c23)c(C)c1. The zero-order valence-corrected chi connectivity index (χ0v) is 17.0. The van der Waals surface area contributed by atoms with Crippen LogP contribution in [0.2, 0.25) is 0 Å². The van der Waals surface area contributed by atoms with Gasteiger partial charge in [-0.15, -0.1) is 4.28 Å². The minimum Gasteiger partial charge on any atom is -0.459 e. The molecule has 0 spiro atoms. The summed E-state index contributed by atoms with van der Waals surface area (Å²) < 4.78 is 36.8. The predicted octanol–water partition coefficient (Wildman–Crippen LogP) is 5.55. The summed E-state index contributed by atoms with van der Waals surface area (Å²) in [6, 6.07) is 15.4. The maximum absolute atomic E-state index is 12.9. The Balaban J connectivity index is 1.77. The maximum Gasteiger partial charge on any atom is 0.318 e. The molecule has 0 saturated carbocycles. The van der Waals surface area contributed by atoms with Crippen LogP contribution in [0.25, 0.3) is 21.7 Å². The molecule has 0 fully saturated rings. The number of hydrogen-bond donors (Lipinski definition) is 1. The zero-order chi connectivity index (χ0) is 20.1. The first-order chi connectivity index (χ1) is 13.3. The highest BCUT2D eigenvalue weighted by Crippen LogP contribution is 2.36. The minimum absolute atomic E-state index is 0.181.